The Kier molecular flexibility index (Phi) is 7.93. The molecule has 10 aromatic rings. The van der Waals surface area contributed by atoms with E-state index < -0.39 is 0 Å². The van der Waals surface area contributed by atoms with E-state index in [4.69, 9.17) is 14.4 Å². The summed E-state index contributed by atoms with van der Waals surface area (Å²) >= 11 is 1.62. The second-order valence-electron chi connectivity index (χ2n) is 17.2. The number of phenolic OH excluding ortho intramolecular Hbond substituents is 1. The van der Waals surface area contributed by atoms with Crippen molar-refractivity contribution in [2.45, 2.75) is 52.4 Å². The summed E-state index contributed by atoms with van der Waals surface area (Å²) in [5, 5.41) is 19.3. The van der Waals surface area contributed by atoms with Gasteiger partial charge in [-0.1, -0.05) is 133 Å². The molecule has 0 unspecified atom stereocenters. The average Bonchev–Trinajstić information content (AvgIpc) is 3.82. The molecule has 0 radical (unpaired) electrons. The van der Waals surface area contributed by atoms with Gasteiger partial charge in [0.05, 0.1) is 21.5 Å². The van der Waals surface area contributed by atoms with E-state index in [1.54, 1.807) is 11.3 Å². The van der Waals surface area contributed by atoms with Gasteiger partial charge in [0, 0.05) is 39.0 Å². The smallest absolute Gasteiger partial charge is 0.144 e. The number of furan rings is 1. The Labute approximate surface area is 336 Å². The third kappa shape index (κ3) is 5.88. The van der Waals surface area contributed by atoms with E-state index >= 15 is 0 Å². The van der Waals surface area contributed by atoms with Crippen molar-refractivity contribution < 1.29 is 9.52 Å². The number of para-hydroxylation sites is 1. The number of pyridine rings is 1. The maximum Gasteiger partial charge on any atom is 0.144 e. The summed E-state index contributed by atoms with van der Waals surface area (Å²) in [7, 11) is 0. The first kappa shape index (κ1) is 35.1. The lowest BCUT2D eigenvalue weighted by Gasteiger charge is -2.27. The van der Waals surface area contributed by atoms with Crippen LogP contribution in [0.2, 0.25) is 0 Å². The van der Waals surface area contributed by atoms with E-state index in [1.807, 2.05) is 12.3 Å². The van der Waals surface area contributed by atoms with Gasteiger partial charge in [-0.2, -0.15) is 0 Å². The molecule has 0 spiro atoms. The minimum Gasteiger partial charge on any atom is -0.507 e. The lowest BCUT2D eigenvalue weighted by atomic mass is 9.79. The first-order chi connectivity index (χ1) is 27.4. The van der Waals surface area contributed by atoms with Gasteiger partial charge in [-0.15, -0.1) is 11.3 Å². The molecular formula is C52H42N2O2S. The Balaban J connectivity index is 1.24. The number of hydrogen-bond donors (Lipinski definition) is 1. The quantitative estimate of drug-likeness (QED) is 0.182. The Morgan fingerprint density at radius 2 is 1.33 bits per heavy atom. The summed E-state index contributed by atoms with van der Waals surface area (Å²) in [4.78, 5) is 10.3. The maximum atomic E-state index is 11.8. The van der Waals surface area contributed by atoms with Crippen LogP contribution in [-0.4, -0.2) is 15.1 Å². The van der Waals surface area contributed by atoms with Crippen molar-refractivity contribution in [2.75, 3.05) is 0 Å². The number of nitrogens with zero attached hydrogens (tertiary/aromatic N) is 2. The molecule has 0 saturated heterocycles. The van der Waals surface area contributed by atoms with Crippen LogP contribution in [-0.2, 0) is 10.8 Å². The average molecular weight is 759 g/mol. The number of benzene rings is 7. The van der Waals surface area contributed by atoms with Crippen molar-refractivity contribution in [2.24, 2.45) is 0 Å². The van der Waals surface area contributed by atoms with Crippen LogP contribution < -0.4 is 0 Å². The van der Waals surface area contributed by atoms with Crippen molar-refractivity contribution in [1.82, 2.24) is 9.97 Å². The molecule has 0 fully saturated rings. The molecule has 0 amide bonds. The number of hydrogen-bond acceptors (Lipinski definition) is 5. The van der Waals surface area contributed by atoms with Crippen LogP contribution in [0.25, 0.3) is 97.8 Å². The fourth-order valence-corrected chi connectivity index (χ4v) is 9.27. The lowest BCUT2D eigenvalue weighted by molar-refractivity contribution is 0.446. The number of phenols is 1. The number of aromatic hydroxyl groups is 1. The number of aromatic nitrogens is 2. The van der Waals surface area contributed by atoms with Crippen LogP contribution in [0, 0.1) is 0 Å². The largest absolute Gasteiger partial charge is 0.507 e. The van der Waals surface area contributed by atoms with Crippen LogP contribution in [0.15, 0.2) is 144 Å². The third-order valence-electron chi connectivity index (χ3n) is 11.3. The van der Waals surface area contributed by atoms with Gasteiger partial charge < -0.3 is 9.52 Å². The number of thiazole rings is 1. The Bertz CT molecular complexity index is 3210. The molecule has 0 aliphatic heterocycles. The molecule has 3 heterocycles. The molecule has 3 aromatic heterocycles. The minimum absolute atomic E-state index is 0.104. The van der Waals surface area contributed by atoms with Gasteiger partial charge in [0.15, 0.2) is 0 Å². The highest BCUT2D eigenvalue weighted by atomic mass is 32.1. The molecule has 0 atom stereocenters. The molecule has 278 valence electrons. The zero-order chi connectivity index (χ0) is 39.2. The summed E-state index contributed by atoms with van der Waals surface area (Å²) in [5.41, 5.74) is 11.1. The predicted molar refractivity (Wildman–Crippen MR) is 241 cm³/mol. The summed E-state index contributed by atoms with van der Waals surface area (Å²) in [6.07, 6.45) is 1.89. The molecule has 0 bridgehead atoms. The number of fused-ring (bicyclic) bond motifs is 8. The van der Waals surface area contributed by atoms with Gasteiger partial charge in [-0.3, -0.25) is 4.98 Å². The number of rotatable bonds is 4. The summed E-state index contributed by atoms with van der Waals surface area (Å²) < 4.78 is 8.11. The highest BCUT2D eigenvalue weighted by Crippen LogP contribution is 2.47. The van der Waals surface area contributed by atoms with E-state index in [2.05, 4.69) is 169 Å². The fraction of sp³-hybridized carbons (Fsp3) is 0.154. The Morgan fingerprint density at radius 1 is 0.561 bits per heavy atom. The van der Waals surface area contributed by atoms with Crippen LogP contribution in [0.5, 0.6) is 5.75 Å². The standard InChI is InChI=1S/C52H42N2O2S/c1-51(2,3)35-28-41(47(55)42(29-35)52(4,5)6)50-54-46-37(17-12-18-44(46)57-50)34-25-39-38-22-21-32-20-19-31-15-10-11-16-36(31)45(32)49(38)56-48(39)40(26-34)43-27-33(23-24-53-43)30-13-8-7-9-14-30/h7-29,55H,1-6H3. The van der Waals surface area contributed by atoms with Crippen molar-refractivity contribution in [3.05, 3.63) is 151 Å². The molecule has 10 rings (SSSR count). The second-order valence-corrected chi connectivity index (χ2v) is 18.2. The Hall–Kier alpha value is -6.30. The van der Waals surface area contributed by atoms with E-state index in [0.717, 1.165) is 92.6 Å². The third-order valence-corrected chi connectivity index (χ3v) is 12.4. The molecule has 0 saturated carbocycles. The zero-order valence-electron chi connectivity index (χ0n) is 32.9. The van der Waals surface area contributed by atoms with E-state index in [9.17, 15) is 5.11 Å². The van der Waals surface area contributed by atoms with Gasteiger partial charge >= 0.3 is 0 Å². The first-order valence-electron chi connectivity index (χ1n) is 19.5. The SMILES string of the molecule is CC(C)(C)c1cc(-c2nc3c(-c4cc(-c5cc(-c6ccccc6)ccn5)c5oc6c(ccc7ccc8ccccc8c76)c5c4)cccc3s2)c(O)c(C(C)(C)C)c1. The van der Waals surface area contributed by atoms with E-state index in [0.29, 0.717) is 5.75 Å². The zero-order valence-corrected chi connectivity index (χ0v) is 33.8. The van der Waals surface area contributed by atoms with Crippen LogP contribution in [0.4, 0.5) is 0 Å². The lowest BCUT2D eigenvalue weighted by Crippen LogP contribution is -2.17. The van der Waals surface area contributed by atoms with Gasteiger partial charge in [0.25, 0.3) is 0 Å². The van der Waals surface area contributed by atoms with Gasteiger partial charge in [-0.05, 0) is 91.7 Å². The van der Waals surface area contributed by atoms with Crippen LogP contribution in [0.3, 0.4) is 0 Å². The summed E-state index contributed by atoms with van der Waals surface area (Å²) in [6, 6.07) is 47.1. The summed E-state index contributed by atoms with van der Waals surface area (Å²) in [6.45, 7) is 13.1. The molecule has 0 aliphatic rings. The molecular weight excluding hydrogens is 717 g/mol. The Morgan fingerprint density at radius 3 is 2.14 bits per heavy atom. The van der Waals surface area contributed by atoms with Gasteiger partial charge in [-0.25, -0.2) is 4.98 Å². The van der Waals surface area contributed by atoms with Crippen LogP contribution >= 0.6 is 11.3 Å². The highest BCUT2D eigenvalue weighted by Gasteiger charge is 2.27. The molecule has 4 nitrogen and oxygen atoms in total. The van der Waals surface area contributed by atoms with Gasteiger partial charge in [0.1, 0.15) is 21.9 Å². The molecule has 7 aromatic carbocycles. The van der Waals surface area contributed by atoms with Crippen molar-refractivity contribution in [3.8, 4) is 49.8 Å². The summed E-state index contributed by atoms with van der Waals surface area (Å²) in [5.74, 6) is 0.300. The van der Waals surface area contributed by atoms with Crippen molar-refractivity contribution in [1.29, 1.82) is 0 Å². The first-order valence-corrected chi connectivity index (χ1v) is 20.3. The predicted octanol–water partition coefficient (Wildman–Crippen LogP) is 14.9. The highest BCUT2D eigenvalue weighted by molar-refractivity contribution is 7.21. The topological polar surface area (TPSA) is 59.2 Å². The van der Waals surface area contributed by atoms with Gasteiger partial charge in [0.2, 0.25) is 0 Å². The molecule has 1 N–H and O–H groups in total. The minimum atomic E-state index is -0.245. The van der Waals surface area contributed by atoms with E-state index in [-0.39, 0.29) is 10.8 Å². The fourth-order valence-electron chi connectivity index (χ4n) is 8.26. The molecule has 0 aliphatic carbocycles. The molecule has 5 heteroatoms. The van der Waals surface area contributed by atoms with Crippen molar-refractivity contribution >= 4 is 65.0 Å². The van der Waals surface area contributed by atoms with E-state index in [1.165, 1.54) is 16.3 Å². The maximum absolute atomic E-state index is 11.8. The second kappa shape index (κ2) is 12.9. The molecule has 57 heavy (non-hydrogen) atoms. The van der Waals surface area contributed by atoms with Crippen molar-refractivity contribution in [3.63, 3.8) is 0 Å². The normalized spacial score (nSPS) is 12.5. The van der Waals surface area contributed by atoms with Crippen LogP contribution in [0.1, 0.15) is 52.7 Å². The monoisotopic (exact) mass is 758 g/mol.